The standard InChI is InChI=1S/C27H31N3O5S2/c1-4-34-22-13-9-21(10-14-22)30-37(32,33)23-15-11-20(12-16-23)28-27(36)29-26(31)24-7-5-6-8-25(24)35-18-17-19(2)3/h5-16,19,30H,4,17-18H2,1-3H3,(H2,28,29,31,36). The summed E-state index contributed by atoms with van der Waals surface area (Å²) in [5.41, 5.74) is 1.31. The van der Waals surface area contributed by atoms with Crippen LogP contribution in [0.2, 0.25) is 0 Å². The van der Waals surface area contributed by atoms with Gasteiger partial charge in [-0.25, -0.2) is 8.42 Å². The lowest BCUT2D eigenvalue weighted by molar-refractivity contribution is 0.0973. The minimum Gasteiger partial charge on any atom is -0.494 e. The minimum absolute atomic E-state index is 0.0742. The lowest BCUT2D eigenvalue weighted by Gasteiger charge is -2.14. The van der Waals surface area contributed by atoms with Crippen molar-refractivity contribution in [3.05, 3.63) is 78.4 Å². The number of para-hydroxylation sites is 1. The summed E-state index contributed by atoms with van der Waals surface area (Å²) in [6.45, 7) is 7.12. The second-order valence-corrected chi connectivity index (χ2v) is 10.6. The molecule has 0 saturated carbocycles. The molecule has 1 amide bonds. The van der Waals surface area contributed by atoms with Gasteiger partial charge in [0.25, 0.3) is 15.9 Å². The summed E-state index contributed by atoms with van der Waals surface area (Å²) in [6.07, 6.45) is 0.872. The number of sulfonamides is 1. The molecule has 0 saturated heterocycles. The van der Waals surface area contributed by atoms with Gasteiger partial charge in [0.05, 0.1) is 23.7 Å². The van der Waals surface area contributed by atoms with E-state index in [0.717, 1.165) is 6.42 Å². The molecule has 37 heavy (non-hydrogen) atoms. The van der Waals surface area contributed by atoms with Crippen LogP contribution in [0.5, 0.6) is 11.5 Å². The third-order valence-corrected chi connectivity index (χ3v) is 6.75. The number of thiocarbonyl (C=S) groups is 1. The minimum atomic E-state index is -3.79. The highest BCUT2D eigenvalue weighted by molar-refractivity contribution is 7.92. The summed E-state index contributed by atoms with van der Waals surface area (Å²) in [6, 6.07) is 19.6. The number of hydrogen-bond acceptors (Lipinski definition) is 6. The maximum Gasteiger partial charge on any atom is 0.261 e. The zero-order valence-corrected chi connectivity index (χ0v) is 22.6. The van der Waals surface area contributed by atoms with Crippen molar-refractivity contribution >= 4 is 44.6 Å². The fraction of sp³-hybridized carbons (Fsp3) is 0.259. The van der Waals surface area contributed by atoms with E-state index in [2.05, 4.69) is 29.2 Å². The van der Waals surface area contributed by atoms with Gasteiger partial charge in [0, 0.05) is 11.4 Å². The van der Waals surface area contributed by atoms with Gasteiger partial charge in [-0.15, -0.1) is 0 Å². The molecule has 0 fully saturated rings. The molecule has 0 spiro atoms. The van der Waals surface area contributed by atoms with Crippen molar-refractivity contribution in [3.8, 4) is 11.5 Å². The number of anilines is 2. The molecule has 3 N–H and O–H groups in total. The van der Waals surface area contributed by atoms with Gasteiger partial charge in [-0.2, -0.15) is 0 Å². The lowest BCUT2D eigenvalue weighted by atomic mass is 10.1. The summed E-state index contributed by atoms with van der Waals surface area (Å²) < 4.78 is 39.2. The van der Waals surface area contributed by atoms with E-state index in [9.17, 15) is 13.2 Å². The van der Waals surface area contributed by atoms with Crippen molar-refractivity contribution in [2.24, 2.45) is 5.92 Å². The largest absolute Gasteiger partial charge is 0.494 e. The molecule has 0 atom stereocenters. The average Bonchev–Trinajstić information content (AvgIpc) is 2.85. The fourth-order valence-electron chi connectivity index (χ4n) is 3.23. The van der Waals surface area contributed by atoms with Crippen molar-refractivity contribution < 1.29 is 22.7 Å². The molecule has 0 aromatic heterocycles. The zero-order valence-electron chi connectivity index (χ0n) is 21.0. The third kappa shape index (κ3) is 8.47. The van der Waals surface area contributed by atoms with Gasteiger partial charge < -0.3 is 14.8 Å². The van der Waals surface area contributed by atoms with E-state index in [0.29, 0.717) is 47.6 Å². The summed E-state index contributed by atoms with van der Waals surface area (Å²) in [5.74, 6) is 1.22. The summed E-state index contributed by atoms with van der Waals surface area (Å²) in [7, 11) is -3.79. The second kappa shape index (κ2) is 13.1. The van der Waals surface area contributed by atoms with Crippen LogP contribution in [0.1, 0.15) is 37.6 Å². The van der Waals surface area contributed by atoms with Crippen LogP contribution in [0.15, 0.2) is 77.7 Å². The van der Waals surface area contributed by atoms with Gasteiger partial charge in [-0.05, 0) is 92.1 Å². The van der Waals surface area contributed by atoms with Crippen LogP contribution in [0.4, 0.5) is 11.4 Å². The molecule has 0 aliphatic heterocycles. The monoisotopic (exact) mass is 541 g/mol. The van der Waals surface area contributed by atoms with Crippen LogP contribution in [0, 0.1) is 5.92 Å². The molecule has 0 aliphatic carbocycles. The van der Waals surface area contributed by atoms with Crippen LogP contribution in [-0.2, 0) is 10.0 Å². The van der Waals surface area contributed by atoms with Crippen molar-refractivity contribution in [2.45, 2.75) is 32.1 Å². The first kappa shape index (κ1) is 27.9. The van der Waals surface area contributed by atoms with Crippen molar-refractivity contribution in [2.75, 3.05) is 23.3 Å². The van der Waals surface area contributed by atoms with Crippen LogP contribution in [-0.4, -0.2) is 32.7 Å². The summed E-state index contributed by atoms with van der Waals surface area (Å²) in [4.78, 5) is 12.8. The van der Waals surface area contributed by atoms with Crippen molar-refractivity contribution in [1.29, 1.82) is 0 Å². The Balaban J connectivity index is 1.58. The van der Waals surface area contributed by atoms with E-state index >= 15 is 0 Å². The van der Waals surface area contributed by atoms with E-state index in [1.165, 1.54) is 12.1 Å². The SMILES string of the molecule is CCOc1ccc(NS(=O)(=O)c2ccc(NC(=S)NC(=O)c3ccccc3OCCC(C)C)cc2)cc1. The quantitative estimate of drug-likeness (QED) is 0.278. The predicted octanol–water partition coefficient (Wildman–Crippen LogP) is 5.44. The maximum absolute atomic E-state index is 12.8. The van der Waals surface area contributed by atoms with E-state index in [1.54, 1.807) is 60.7 Å². The van der Waals surface area contributed by atoms with E-state index in [-0.39, 0.29) is 10.0 Å². The molecule has 0 unspecified atom stereocenters. The maximum atomic E-state index is 12.8. The van der Waals surface area contributed by atoms with Gasteiger partial charge >= 0.3 is 0 Å². The van der Waals surface area contributed by atoms with Crippen molar-refractivity contribution in [3.63, 3.8) is 0 Å². The Hall–Kier alpha value is -3.63. The summed E-state index contributed by atoms with van der Waals surface area (Å²) >= 11 is 5.27. The number of benzene rings is 3. The number of carbonyl (C=O) groups is 1. The second-order valence-electron chi connectivity index (χ2n) is 8.52. The van der Waals surface area contributed by atoms with Crippen LogP contribution < -0.4 is 24.8 Å². The normalized spacial score (nSPS) is 11.0. The Morgan fingerprint density at radius 2 is 1.57 bits per heavy atom. The van der Waals surface area contributed by atoms with Crippen LogP contribution in [0.25, 0.3) is 0 Å². The number of hydrogen-bond donors (Lipinski definition) is 3. The average molecular weight is 542 g/mol. The Morgan fingerprint density at radius 3 is 2.22 bits per heavy atom. The Bertz CT molecular complexity index is 1310. The molecule has 10 heteroatoms. The van der Waals surface area contributed by atoms with Gasteiger partial charge in [-0.1, -0.05) is 26.0 Å². The van der Waals surface area contributed by atoms with Gasteiger partial charge in [0.2, 0.25) is 0 Å². The molecule has 3 aromatic rings. The molecule has 3 rings (SSSR count). The van der Waals surface area contributed by atoms with Gasteiger partial charge in [-0.3, -0.25) is 14.8 Å². The number of nitrogens with one attached hydrogen (secondary N) is 3. The van der Waals surface area contributed by atoms with Crippen LogP contribution in [0.3, 0.4) is 0 Å². The number of rotatable bonds is 11. The molecule has 196 valence electrons. The van der Waals surface area contributed by atoms with Crippen molar-refractivity contribution in [1.82, 2.24) is 5.32 Å². The Kier molecular flexibility index (Phi) is 9.87. The predicted molar refractivity (Wildman–Crippen MR) is 150 cm³/mol. The molecular formula is C27H31N3O5S2. The number of amides is 1. The molecule has 8 nitrogen and oxygen atoms in total. The van der Waals surface area contributed by atoms with E-state index in [4.69, 9.17) is 21.7 Å². The first-order chi connectivity index (χ1) is 17.7. The molecular weight excluding hydrogens is 510 g/mol. The highest BCUT2D eigenvalue weighted by Crippen LogP contribution is 2.21. The summed E-state index contributed by atoms with van der Waals surface area (Å²) in [5, 5.41) is 5.61. The van der Waals surface area contributed by atoms with Gasteiger partial charge in [0.1, 0.15) is 11.5 Å². The number of carbonyl (C=O) groups excluding carboxylic acids is 1. The molecule has 3 aromatic carbocycles. The topological polar surface area (TPSA) is 106 Å². The molecule has 0 aliphatic rings. The first-order valence-corrected chi connectivity index (χ1v) is 13.8. The van der Waals surface area contributed by atoms with Gasteiger partial charge in [0.15, 0.2) is 5.11 Å². The lowest BCUT2D eigenvalue weighted by Crippen LogP contribution is -2.34. The van der Waals surface area contributed by atoms with E-state index < -0.39 is 15.9 Å². The van der Waals surface area contributed by atoms with Crippen LogP contribution >= 0.6 is 12.2 Å². The Labute approximate surface area is 223 Å². The van der Waals surface area contributed by atoms with E-state index in [1.807, 2.05) is 6.92 Å². The smallest absolute Gasteiger partial charge is 0.261 e. The molecule has 0 bridgehead atoms. The fourth-order valence-corrected chi connectivity index (χ4v) is 4.50. The highest BCUT2D eigenvalue weighted by Gasteiger charge is 2.16. The number of ether oxygens (including phenoxy) is 2. The zero-order chi connectivity index (χ0) is 26.8. The molecule has 0 radical (unpaired) electrons. The molecule has 0 heterocycles. The highest BCUT2D eigenvalue weighted by atomic mass is 32.2. The first-order valence-electron chi connectivity index (χ1n) is 11.9. The third-order valence-electron chi connectivity index (χ3n) is 5.15. The Morgan fingerprint density at radius 1 is 0.919 bits per heavy atom.